The summed E-state index contributed by atoms with van der Waals surface area (Å²) in [6, 6.07) is 8.83. The van der Waals surface area contributed by atoms with Crippen molar-refractivity contribution in [2.24, 2.45) is 0 Å². The standard InChI is InChI=1S/C16H22ClNO/c17-13-7-5-12(6-8-13)16(11-18-14-9-10-14)19-15-3-1-2-4-15/h5-8,14-16,18H,1-4,9-11H2. The molecule has 1 N–H and O–H groups in total. The molecule has 2 nitrogen and oxygen atoms in total. The highest BCUT2D eigenvalue weighted by atomic mass is 35.5. The van der Waals surface area contributed by atoms with Gasteiger partial charge in [-0.1, -0.05) is 36.6 Å². The highest BCUT2D eigenvalue weighted by Crippen LogP contribution is 2.29. The van der Waals surface area contributed by atoms with Crippen LogP contribution in [0.2, 0.25) is 5.02 Å². The molecule has 0 bridgehead atoms. The van der Waals surface area contributed by atoms with Gasteiger partial charge in [0.15, 0.2) is 0 Å². The summed E-state index contributed by atoms with van der Waals surface area (Å²) in [4.78, 5) is 0. The first-order chi connectivity index (χ1) is 9.31. The highest BCUT2D eigenvalue weighted by Gasteiger charge is 2.25. The summed E-state index contributed by atoms with van der Waals surface area (Å²) in [5.74, 6) is 0. The van der Waals surface area contributed by atoms with Crippen molar-refractivity contribution in [3.8, 4) is 0 Å². The number of ether oxygens (including phenoxy) is 1. The van der Waals surface area contributed by atoms with Crippen molar-refractivity contribution < 1.29 is 4.74 Å². The van der Waals surface area contributed by atoms with Gasteiger partial charge in [0.25, 0.3) is 0 Å². The van der Waals surface area contributed by atoms with Gasteiger partial charge in [-0.05, 0) is 43.4 Å². The average molecular weight is 280 g/mol. The molecule has 19 heavy (non-hydrogen) atoms. The van der Waals surface area contributed by atoms with Crippen molar-refractivity contribution in [1.29, 1.82) is 0 Å². The van der Waals surface area contributed by atoms with Gasteiger partial charge in [0.05, 0.1) is 12.2 Å². The summed E-state index contributed by atoms with van der Waals surface area (Å²) in [6.07, 6.45) is 8.30. The van der Waals surface area contributed by atoms with Gasteiger partial charge in [-0.3, -0.25) is 0 Å². The summed E-state index contributed by atoms with van der Waals surface area (Å²) >= 11 is 5.97. The summed E-state index contributed by atoms with van der Waals surface area (Å²) in [5, 5.41) is 4.38. The highest BCUT2D eigenvalue weighted by molar-refractivity contribution is 6.30. The van der Waals surface area contributed by atoms with E-state index in [1.165, 1.54) is 44.1 Å². The Bertz CT molecular complexity index is 396. The molecular formula is C16H22ClNO. The Kier molecular flexibility index (Phi) is 4.42. The number of hydrogen-bond donors (Lipinski definition) is 1. The molecule has 1 atom stereocenters. The van der Waals surface area contributed by atoms with E-state index in [-0.39, 0.29) is 6.10 Å². The lowest BCUT2D eigenvalue weighted by molar-refractivity contribution is -0.00892. The third-order valence-corrected chi connectivity index (χ3v) is 4.32. The third-order valence-electron chi connectivity index (χ3n) is 4.07. The van der Waals surface area contributed by atoms with Crippen LogP contribution in [0.15, 0.2) is 24.3 Å². The Morgan fingerprint density at radius 2 is 1.79 bits per heavy atom. The van der Waals surface area contributed by atoms with Gasteiger partial charge in [0.2, 0.25) is 0 Å². The van der Waals surface area contributed by atoms with Crippen LogP contribution in [0, 0.1) is 0 Å². The Morgan fingerprint density at radius 1 is 1.11 bits per heavy atom. The van der Waals surface area contributed by atoms with E-state index in [1.54, 1.807) is 0 Å². The Balaban J connectivity index is 1.64. The van der Waals surface area contributed by atoms with Crippen molar-refractivity contribution in [3.05, 3.63) is 34.9 Å². The van der Waals surface area contributed by atoms with Crippen LogP contribution >= 0.6 is 11.6 Å². The molecule has 0 saturated heterocycles. The minimum atomic E-state index is 0.168. The molecule has 0 spiro atoms. The monoisotopic (exact) mass is 279 g/mol. The Hall–Kier alpha value is -0.570. The summed E-state index contributed by atoms with van der Waals surface area (Å²) in [7, 11) is 0. The first-order valence-corrected chi connectivity index (χ1v) is 7.83. The molecule has 0 heterocycles. The topological polar surface area (TPSA) is 21.3 Å². The van der Waals surface area contributed by atoms with Crippen LogP contribution in [0.4, 0.5) is 0 Å². The molecule has 104 valence electrons. The van der Waals surface area contributed by atoms with Gasteiger partial charge in [-0.2, -0.15) is 0 Å². The lowest BCUT2D eigenvalue weighted by atomic mass is 10.1. The second-order valence-corrected chi connectivity index (χ2v) is 6.20. The average Bonchev–Trinajstić information content (AvgIpc) is 3.11. The molecule has 0 amide bonds. The van der Waals surface area contributed by atoms with Crippen molar-refractivity contribution in [1.82, 2.24) is 5.32 Å². The zero-order chi connectivity index (χ0) is 13.1. The van der Waals surface area contributed by atoms with E-state index in [2.05, 4.69) is 17.4 Å². The summed E-state index contributed by atoms with van der Waals surface area (Å²) in [6.45, 7) is 0.919. The van der Waals surface area contributed by atoms with Crippen molar-refractivity contribution in [2.45, 2.75) is 56.8 Å². The molecule has 3 rings (SSSR count). The van der Waals surface area contributed by atoms with E-state index in [0.717, 1.165) is 17.6 Å². The molecule has 2 fully saturated rings. The molecule has 2 saturated carbocycles. The van der Waals surface area contributed by atoms with E-state index in [1.807, 2.05) is 12.1 Å². The SMILES string of the molecule is Clc1ccc(C(CNC2CC2)OC2CCCC2)cc1. The van der Waals surface area contributed by atoms with Crippen LogP contribution in [0.3, 0.4) is 0 Å². The van der Waals surface area contributed by atoms with E-state index in [0.29, 0.717) is 6.10 Å². The molecule has 3 heteroatoms. The zero-order valence-electron chi connectivity index (χ0n) is 11.3. The number of halogens is 1. The lowest BCUT2D eigenvalue weighted by Gasteiger charge is -2.23. The maximum Gasteiger partial charge on any atom is 0.0953 e. The van der Waals surface area contributed by atoms with E-state index >= 15 is 0 Å². The fourth-order valence-electron chi connectivity index (χ4n) is 2.74. The van der Waals surface area contributed by atoms with Crippen LogP contribution in [0.5, 0.6) is 0 Å². The van der Waals surface area contributed by atoms with Crippen LogP contribution in [-0.2, 0) is 4.74 Å². The smallest absolute Gasteiger partial charge is 0.0953 e. The minimum absolute atomic E-state index is 0.168. The fraction of sp³-hybridized carbons (Fsp3) is 0.625. The number of nitrogens with one attached hydrogen (secondary N) is 1. The molecule has 0 aliphatic heterocycles. The molecule has 1 unspecified atom stereocenters. The normalized spacial score (nSPS) is 21.7. The van der Waals surface area contributed by atoms with Crippen LogP contribution in [0.25, 0.3) is 0 Å². The molecule has 2 aliphatic rings. The van der Waals surface area contributed by atoms with Gasteiger partial charge in [0.1, 0.15) is 0 Å². The fourth-order valence-corrected chi connectivity index (χ4v) is 2.87. The molecular weight excluding hydrogens is 258 g/mol. The van der Waals surface area contributed by atoms with E-state index in [4.69, 9.17) is 16.3 Å². The zero-order valence-corrected chi connectivity index (χ0v) is 12.0. The molecule has 0 aromatic heterocycles. The van der Waals surface area contributed by atoms with Gasteiger partial charge >= 0.3 is 0 Å². The van der Waals surface area contributed by atoms with Gasteiger partial charge in [0, 0.05) is 17.6 Å². The maximum absolute atomic E-state index is 6.31. The number of rotatable bonds is 6. The quantitative estimate of drug-likeness (QED) is 0.847. The second-order valence-electron chi connectivity index (χ2n) is 5.77. The van der Waals surface area contributed by atoms with Crippen LogP contribution in [0.1, 0.15) is 50.2 Å². The minimum Gasteiger partial charge on any atom is -0.369 e. The lowest BCUT2D eigenvalue weighted by Crippen LogP contribution is -2.27. The number of hydrogen-bond acceptors (Lipinski definition) is 2. The largest absolute Gasteiger partial charge is 0.369 e. The first kappa shape index (κ1) is 13.4. The van der Waals surface area contributed by atoms with Crippen molar-refractivity contribution in [3.63, 3.8) is 0 Å². The van der Waals surface area contributed by atoms with Crippen LogP contribution < -0.4 is 5.32 Å². The second kappa shape index (κ2) is 6.25. The number of benzene rings is 1. The molecule has 1 aromatic carbocycles. The van der Waals surface area contributed by atoms with Crippen molar-refractivity contribution >= 4 is 11.6 Å². The maximum atomic E-state index is 6.31. The predicted molar refractivity (Wildman–Crippen MR) is 78.6 cm³/mol. The summed E-state index contributed by atoms with van der Waals surface area (Å²) < 4.78 is 6.31. The van der Waals surface area contributed by atoms with Gasteiger partial charge in [-0.15, -0.1) is 0 Å². The summed E-state index contributed by atoms with van der Waals surface area (Å²) in [5.41, 5.74) is 1.24. The molecule has 2 aliphatic carbocycles. The first-order valence-electron chi connectivity index (χ1n) is 7.45. The van der Waals surface area contributed by atoms with Gasteiger partial charge in [-0.25, -0.2) is 0 Å². The van der Waals surface area contributed by atoms with Crippen molar-refractivity contribution in [2.75, 3.05) is 6.54 Å². The molecule has 1 aromatic rings. The van der Waals surface area contributed by atoms with Gasteiger partial charge < -0.3 is 10.1 Å². The predicted octanol–water partition coefficient (Wildman–Crippen LogP) is 4.09. The Labute approximate surface area is 120 Å². The third kappa shape index (κ3) is 3.95. The van der Waals surface area contributed by atoms with E-state index < -0.39 is 0 Å². The Morgan fingerprint density at radius 3 is 2.42 bits per heavy atom. The van der Waals surface area contributed by atoms with E-state index in [9.17, 15) is 0 Å². The van der Waals surface area contributed by atoms with Crippen LogP contribution in [-0.4, -0.2) is 18.7 Å². The molecule has 0 radical (unpaired) electrons.